The van der Waals surface area contributed by atoms with Gasteiger partial charge in [-0.3, -0.25) is 14.4 Å². The molecule has 1 N–H and O–H groups in total. The Labute approximate surface area is 241 Å². The van der Waals surface area contributed by atoms with Crippen LogP contribution >= 0.6 is 11.6 Å². The van der Waals surface area contributed by atoms with E-state index in [9.17, 15) is 19.5 Å². The maximum Gasteiger partial charge on any atom is 0.312 e. The Bertz CT molecular complexity index is 1160. The molecule has 0 aromatic heterocycles. The number of para-hydroxylation sites is 1. The Balaban J connectivity index is 1.80. The average molecular weight is 573 g/mol. The number of carbonyl (C=O) groups is 3. The number of nitrogens with zero attached hydrogens (tertiary/aromatic N) is 2. The topological polar surface area (TPSA) is 96.4 Å². The van der Waals surface area contributed by atoms with E-state index in [1.54, 1.807) is 36.4 Å². The fourth-order valence-electron chi connectivity index (χ4n) is 6.96. The molecule has 8 nitrogen and oxygen atoms in total. The van der Waals surface area contributed by atoms with Gasteiger partial charge in [0, 0.05) is 6.54 Å². The molecule has 1 aromatic rings. The number of benzene rings is 1. The summed E-state index contributed by atoms with van der Waals surface area (Å²) in [6.45, 7) is 13.4. The van der Waals surface area contributed by atoms with Crippen LogP contribution < -0.4 is 4.90 Å². The maximum atomic E-state index is 14.6. The zero-order valence-electron chi connectivity index (χ0n) is 23.7. The number of hydrogen-bond donors (Lipinski definition) is 1. The third-order valence-electron chi connectivity index (χ3n) is 8.57. The van der Waals surface area contributed by atoms with Crippen LogP contribution in [-0.2, 0) is 23.9 Å². The first-order valence-electron chi connectivity index (χ1n) is 14.1. The van der Waals surface area contributed by atoms with Crippen LogP contribution in [0.25, 0.3) is 0 Å². The van der Waals surface area contributed by atoms with Crippen molar-refractivity contribution >= 4 is 35.1 Å². The minimum absolute atomic E-state index is 0.145. The van der Waals surface area contributed by atoms with Gasteiger partial charge in [0.05, 0.1) is 41.5 Å². The summed E-state index contributed by atoms with van der Waals surface area (Å²) in [6, 6.07) is 5.33. The highest BCUT2D eigenvalue weighted by Crippen LogP contribution is 2.64. The SMILES string of the molecule is C=CCCCOC(=O)[C@H]1[C@H]2C(=O)N([C@@H](CO)CC(C)C)C(C(=O)N(CC=C)c3ccccc3Cl)C23CC[C@]1(C)O3. The zero-order valence-corrected chi connectivity index (χ0v) is 24.4. The average Bonchev–Trinajstić information content (AvgIpc) is 3.49. The number of allylic oxidation sites excluding steroid dienone is 1. The number of amides is 2. The number of rotatable bonds is 13. The second kappa shape index (κ2) is 12.0. The molecule has 2 bridgehead atoms. The first-order chi connectivity index (χ1) is 19.1. The summed E-state index contributed by atoms with van der Waals surface area (Å²) in [5.74, 6) is -2.83. The molecule has 6 atom stereocenters. The number of unbranched alkanes of at least 4 members (excludes halogenated alkanes) is 1. The summed E-state index contributed by atoms with van der Waals surface area (Å²) in [5.41, 5.74) is -1.69. The van der Waals surface area contributed by atoms with Crippen LogP contribution in [0.5, 0.6) is 0 Å². The first-order valence-corrected chi connectivity index (χ1v) is 14.5. The van der Waals surface area contributed by atoms with Crippen molar-refractivity contribution in [2.75, 3.05) is 24.7 Å². The van der Waals surface area contributed by atoms with Crippen LogP contribution in [-0.4, -0.2) is 70.8 Å². The van der Waals surface area contributed by atoms with Gasteiger partial charge >= 0.3 is 5.97 Å². The highest BCUT2D eigenvalue weighted by Gasteiger charge is 2.79. The lowest BCUT2D eigenvalue weighted by atomic mass is 9.66. The number of halogens is 1. The Morgan fingerprint density at radius 3 is 2.62 bits per heavy atom. The molecule has 3 aliphatic rings. The molecule has 1 spiro atoms. The second-order valence-corrected chi connectivity index (χ2v) is 12.1. The summed E-state index contributed by atoms with van der Waals surface area (Å²) >= 11 is 6.53. The number of hydrogen-bond acceptors (Lipinski definition) is 6. The molecule has 3 heterocycles. The van der Waals surface area contributed by atoms with E-state index in [1.165, 1.54) is 9.80 Å². The zero-order chi connectivity index (χ0) is 29.2. The summed E-state index contributed by atoms with van der Waals surface area (Å²) in [4.78, 5) is 45.6. The first kappa shape index (κ1) is 30.3. The molecular formula is C31H41ClN2O6. The van der Waals surface area contributed by atoms with Gasteiger partial charge < -0.3 is 24.4 Å². The molecule has 2 amide bonds. The van der Waals surface area contributed by atoms with Crippen molar-refractivity contribution in [2.45, 2.75) is 76.2 Å². The van der Waals surface area contributed by atoms with Crippen LogP contribution in [0.3, 0.4) is 0 Å². The Morgan fingerprint density at radius 1 is 1.27 bits per heavy atom. The molecule has 4 rings (SSSR count). The predicted octanol–water partition coefficient (Wildman–Crippen LogP) is 4.54. The van der Waals surface area contributed by atoms with E-state index in [1.807, 2.05) is 20.8 Å². The fourth-order valence-corrected chi connectivity index (χ4v) is 7.20. The molecule has 2 unspecified atom stereocenters. The number of fused-ring (bicyclic) bond motifs is 1. The monoisotopic (exact) mass is 572 g/mol. The molecule has 0 radical (unpaired) electrons. The molecule has 3 saturated heterocycles. The lowest BCUT2D eigenvalue weighted by molar-refractivity contribution is -0.160. The van der Waals surface area contributed by atoms with Crippen LogP contribution in [0.15, 0.2) is 49.6 Å². The normalized spacial score (nSPS) is 29.4. The van der Waals surface area contributed by atoms with Crippen molar-refractivity contribution in [3.05, 3.63) is 54.6 Å². The smallest absolute Gasteiger partial charge is 0.312 e. The number of aliphatic hydroxyl groups is 1. The molecule has 3 fully saturated rings. The summed E-state index contributed by atoms with van der Waals surface area (Å²) < 4.78 is 12.3. The van der Waals surface area contributed by atoms with Crippen molar-refractivity contribution < 1.29 is 29.0 Å². The van der Waals surface area contributed by atoms with Gasteiger partial charge in [-0.2, -0.15) is 0 Å². The van der Waals surface area contributed by atoms with Gasteiger partial charge in [0.1, 0.15) is 17.6 Å². The number of likely N-dealkylation sites (tertiary alicyclic amines) is 1. The molecule has 9 heteroatoms. The third kappa shape index (κ3) is 5.10. The molecule has 0 saturated carbocycles. The standard InChI is InChI=1S/C31H41ClN2O6/c1-6-8-11-17-39-29(38)25-24-27(36)34(21(19-35)18-20(3)4)26(31(24)15-14-30(25,5)40-31)28(37)33(16-7-2)23-13-10-9-12-22(23)32/h6-7,9-10,12-13,20-21,24-26,35H,1-2,8,11,14-19H2,3-5H3/t21-,24+,25-,26?,30+,31?/m1/s1. The van der Waals surface area contributed by atoms with Crippen LogP contribution in [0.4, 0.5) is 5.69 Å². The van der Waals surface area contributed by atoms with Gasteiger partial charge in [-0.05, 0) is 57.1 Å². The van der Waals surface area contributed by atoms with E-state index in [0.29, 0.717) is 42.8 Å². The van der Waals surface area contributed by atoms with Gasteiger partial charge in [0.2, 0.25) is 5.91 Å². The van der Waals surface area contributed by atoms with Gasteiger partial charge in [-0.1, -0.05) is 49.7 Å². The number of aliphatic hydroxyl groups excluding tert-OH is 1. The van der Waals surface area contributed by atoms with Gasteiger partial charge in [0.25, 0.3) is 5.91 Å². The number of esters is 1. The minimum Gasteiger partial charge on any atom is -0.465 e. The van der Waals surface area contributed by atoms with E-state index in [4.69, 9.17) is 21.1 Å². The second-order valence-electron chi connectivity index (χ2n) is 11.7. The number of anilines is 1. The number of ether oxygens (including phenoxy) is 2. The largest absolute Gasteiger partial charge is 0.465 e. The van der Waals surface area contributed by atoms with Gasteiger partial charge in [-0.15, -0.1) is 13.2 Å². The molecule has 40 heavy (non-hydrogen) atoms. The quantitative estimate of drug-likeness (QED) is 0.212. The molecule has 0 aliphatic carbocycles. The molecular weight excluding hydrogens is 532 g/mol. The minimum atomic E-state index is -1.24. The molecule has 218 valence electrons. The lowest BCUT2D eigenvalue weighted by Crippen LogP contribution is -2.59. The highest BCUT2D eigenvalue weighted by molar-refractivity contribution is 6.34. The van der Waals surface area contributed by atoms with Gasteiger partial charge in [0.15, 0.2) is 0 Å². The van der Waals surface area contributed by atoms with E-state index in [0.717, 1.165) is 0 Å². The highest BCUT2D eigenvalue weighted by atomic mass is 35.5. The lowest BCUT2D eigenvalue weighted by Gasteiger charge is -2.40. The van der Waals surface area contributed by atoms with E-state index in [-0.39, 0.29) is 37.5 Å². The van der Waals surface area contributed by atoms with E-state index in [2.05, 4.69) is 13.2 Å². The van der Waals surface area contributed by atoms with Crippen molar-refractivity contribution in [2.24, 2.45) is 17.8 Å². The Morgan fingerprint density at radius 2 is 2.00 bits per heavy atom. The maximum absolute atomic E-state index is 14.6. The van der Waals surface area contributed by atoms with Crippen molar-refractivity contribution in [1.29, 1.82) is 0 Å². The van der Waals surface area contributed by atoms with E-state index < -0.39 is 41.1 Å². The van der Waals surface area contributed by atoms with Crippen LogP contribution in [0.1, 0.15) is 52.9 Å². The number of carbonyl (C=O) groups excluding carboxylic acids is 3. The van der Waals surface area contributed by atoms with Crippen molar-refractivity contribution in [3.63, 3.8) is 0 Å². The van der Waals surface area contributed by atoms with Gasteiger partial charge in [-0.25, -0.2) is 0 Å². The van der Waals surface area contributed by atoms with E-state index >= 15 is 0 Å². The summed E-state index contributed by atoms with van der Waals surface area (Å²) in [7, 11) is 0. The van der Waals surface area contributed by atoms with Crippen LogP contribution in [0, 0.1) is 17.8 Å². The molecule has 3 aliphatic heterocycles. The van der Waals surface area contributed by atoms with Crippen molar-refractivity contribution in [3.8, 4) is 0 Å². The molecule has 1 aromatic carbocycles. The third-order valence-corrected chi connectivity index (χ3v) is 8.89. The van der Waals surface area contributed by atoms with Crippen LogP contribution in [0.2, 0.25) is 5.02 Å². The summed E-state index contributed by atoms with van der Waals surface area (Å²) in [6.07, 6.45) is 6.11. The summed E-state index contributed by atoms with van der Waals surface area (Å²) in [5, 5.41) is 10.9. The fraction of sp³-hybridized carbons (Fsp3) is 0.581. The Kier molecular flexibility index (Phi) is 9.12. The van der Waals surface area contributed by atoms with Crippen molar-refractivity contribution in [1.82, 2.24) is 4.90 Å². The predicted molar refractivity (Wildman–Crippen MR) is 154 cm³/mol. The Hall–Kier alpha value is -2.68.